The van der Waals surface area contributed by atoms with Gasteiger partial charge in [-0.05, 0) is 30.0 Å². The summed E-state index contributed by atoms with van der Waals surface area (Å²) in [5, 5.41) is 2.30. The van der Waals surface area contributed by atoms with Crippen molar-refractivity contribution in [3.63, 3.8) is 0 Å². The van der Waals surface area contributed by atoms with Crippen LogP contribution in [0.4, 0.5) is 0 Å². The molecule has 2 N–H and O–H groups in total. The molecule has 0 aliphatic carbocycles. The lowest BCUT2D eigenvalue weighted by molar-refractivity contribution is 0.419. The molecule has 0 bridgehead atoms. The Labute approximate surface area is 89.7 Å². The second-order valence-electron chi connectivity index (χ2n) is 3.73. The summed E-state index contributed by atoms with van der Waals surface area (Å²) in [6.07, 6.45) is 0. The molecule has 2 rings (SSSR count). The van der Waals surface area contributed by atoms with Gasteiger partial charge in [-0.15, -0.1) is 0 Å². The summed E-state index contributed by atoms with van der Waals surface area (Å²) in [6.45, 7) is 1.98. The van der Waals surface area contributed by atoms with Crippen LogP contribution in [0.3, 0.4) is 0 Å². The van der Waals surface area contributed by atoms with Gasteiger partial charge in [0.1, 0.15) is 5.75 Å². The van der Waals surface area contributed by atoms with Gasteiger partial charge in [0.2, 0.25) is 0 Å². The number of hydrogen-bond donors (Lipinski definition) is 1. The zero-order chi connectivity index (χ0) is 10.8. The van der Waals surface area contributed by atoms with Crippen molar-refractivity contribution in [1.82, 2.24) is 0 Å². The van der Waals surface area contributed by atoms with E-state index in [0.717, 1.165) is 16.7 Å². The third-order valence-corrected chi connectivity index (χ3v) is 2.59. The minimum Gasteiger partial charge on any atom is -0.496 e. The zero-order valence-electron chi connectivity index (χ0n) is 9.03. The third kappa shape index (κ3) is 1.81. The molecule has 0 radical (unpaired) electrons. The number of benzene rings is 2. The number of hydrogen-bond acceptors (Lipinski definition) is 2. The highest BCUT2D eigenvalue weighted by Gasteiger charge is 2.06. The molecule has 0 amide bonds. The SMILES string of the molecule is COc1cc(C(C)N)cc2ccccc12. The van der Waals surface area contributed by atoms with Gasteiger partial charge in [0.25, 0.3) is 0 Å². The monoisotopic (exact) mass is 201 g/mol. The summed E-state index contributed by atoms with van der Waals surface area (Å²) in [4.78, 5) is 0. The van der Waals surface area contributed by atoms with E-state index in [4.69, 9.17) is 10.5 Å². The lowest BCUT2D eigenvalue weighted by Gasteiger charge is -2.11. The molecule has 2 nitrogen and oxygen atoms in total. The number of methoxy groups -OCH3 is 1. The topological polar surface area (TPSA) is 35.2 Å². The molecule has 0 fully saturated rings. The van der Waals surface area contributed by atoms with E-state index < -0.39 is 0 Å². The van der Waals surface area contributed by atoms with Gasteiger partial charge in [-0.1, -0.05) is 24.3 Å². The van der Waals surface area contributed by atoms with Crippen LogP contribution < -0.4 is 10.5 Å². The van der Waals surface area contributed by atoms with Crippen molar-refractivity contribution in [2.75, 3.05) is 7.11 Å². The Balaban J connectivity index is 2.71. The molecule has 78 valence electrons. The molecule has 0 spiro atoms. The Kier molecular flexibility index (Phi) is 2.60. The van der Waals surface area contributed by atoms with E-state index in [1.165, 1.54) is 5.39 Å². The van der Waals surface area contributed by atoms with Crippen LogP contribution in [-0.4, -0.2) is 7.11 Å². The normalized spacial score (nSPS) is 12.7. The smallest absolute Gasteiger partial charge is 0.127 e. The van der Waals surface area contributed by atoms with Gasteiger partial charge < -0.3 is 10.5 Å². The first-order valence-corrected chi connectivity index (χ1v) is 5.04. The molecular weight excluding hydrogens is 186 g/mol. The third-order valence-electron chi connectivity index (χ3n) is 2.59. The predicted molar refractivity (Wildman–Crippen MR) is 63.1 cm³/mol. The van der Waals surface area contributed by atoms with Crippen molar-refractivity contribution in [2.45, 2.75) is 13.0 Å². The summed E-state index contributed by atoms with van der Waals surface area (Å²) in [6, 6.07) is 12.3. The molecule has 1 unspecified atom stereocenters. The summed E-state index contributed by atoms with van der Waals surface area (Å²) in [5.74, 6) is 0.889. The number of nitrogens with two attached hydrogens (primary N) is 1. The standard InChI is InChI=1S/C13H15NO/c1-9(14)11-7-10-5-3-4-6-12(10)13(8-11)15-2/h3-9H,14H2,1-2H3. The molecule has 0 saturated carbocycles. The predicted octanol–water partition coefficient (Wildman–Crippen LogP) is 2.87. The van der Waals surface area contributed by atoms with E-state index in [0.29, 0.717) is 0 Å². The number of rotatable bonds is 2. The fourth-order valence-corrected chi connectivity index (χ4v) is 1.73. The van der Waals surface area contributed by atoms with Crippen molar-refractivity contribution in [3.8, 4) is 5.75 Å². The number of ether oxygens (including phenoxy) is 1. The molecule has 15 heavy (non-hydrogen) atoms. The van der Waals surface area contributed by atoms with Gasteiger partial charge >= 0.3 is 0 Å². The molecule has 1 atom stereocenters. The lowest BCUT2D eigenvalue weighted by atomic mass is 10.0. The first kappa shape index (κ1) is 9.99. The van der Waals surface area contributed by atoms with Crippen molar-refractivity contribution in [1.29, 1.82) is 0 Å². The first-order valence-electron chi connectivity index (χ1n) is 5.04. The fraction of sp³-hybridized carbons (Fsp3) is 0.231. The zero-order valence-corrected chi connectivity index (χ0v) is 9.03. The summed E-state index contributed by atoms with van der Waals surface area (Å²) >= 11 is 0. The van der Waals surface area contributed by atoms with Crippen molar-refractivity contribution >= 4 is 10.8 Å². The highest BCUT2D eigenvalue weighted by molar-refractivity contribution is 5.89. The van der Waals surface area contributed by atoms with Gasteiger partial charge in [0.15, 0.2) is 0 Å². The number of fused-ring (bicyclic) bond motifs is 1. The van der Waals surface area contributed by atoms with Crippen LogP contribution in [-0.2, 0) is 0 Å². The lowest BCUT2D eigenvalue weighted by Crippen LogP contribution is -2.05. The van der Waals surface area contributed by atoms with Gasteiger partial charge in [-0.3, -0.25) is 0 Å². The minimum atomic E-state index is 0.0310. The molecular formula is C13H15NO. The van der Waals surface area contributed by atoms with Crippen LogP contribution >= 0.6 is 0 Å². The fourth-order valence-electron chi connectivity index (χ4n) is 1.73. The second kappa shape index (κ2) is 3.91. The molecule has 0 aliphatic heterocycles. The first-order chi connectivity index (χ1) is 7.22. The van der Waals surface area contributed by atoms with E-state index in [-0.39, 0.29) is 6.04 Å². The van der Waals surface area contributed by atoms with Gasteiger partial charge in [-0.2, -0.15) is 0 Å². The average Bonchev–Trinajstić information content (AvgIpc) is 2.27. The highest BCUT2D eigenvalue weighted by Crippen LogP contribution is 2.29. The molecule has 0 heterocycles. The van der Waals surface area contributed by atoms with Crippen LogP contribution in [0.25, 0.3) is 10.8 Å². The Hall–Kier alpha value is -1.54. The maximum absolute atomic E-state index is 5.87. The Bertz CT molecular complexity index is 477. The van der Waals surface area contributed by atoms with Gasteiger partial charge in [-0.25, -0.2) is 0 Å². The summed E-state index contributed by atoms with van der Waals surface area (Å²) < 4.78 is 5.36. The van der Waals surface area contributed by atoms with Gasteiger partial charge in [0.05, 0.1) is 7.11 Å². The van der Waals surface area contributed by atoms with Crippen LogP contribution in [0.1, 0.15) is 18.5 Å². The second-order valence-corrected chi connectivity index (χ2v) is 3.73. The van der Waals surface area contributed by atoms with Gasteiger partial charge in [0, 0.05) is 11.4 Å². The van der Waals surface area contributed by atoms with E-state index in [9.17, 15) is 0 Å². The molecule has 2 aromatic rings. The van der Waals surface area contributed by atoms with Crippen LogP contribution in [0, 0.1) is 0 Å². The minimum absolute atomic E-state index is 0.0310. The van der Waals surface area contributed by atoms with Crippen molar-refractivity contribution in [3.05, 3.63) is 42.0 Å². The molecule has 2 heteroatoms. The molecule has 2 aromatic carbocycles. The Morgan fingerprint density at radius 3 is 2.60 bits per heavy atom. The van der Waals surface area contributed by atoms with Crippen LogP contribution in [0.2, 0.25) is 0 Å². The average molecular weight is 201 g/mol. The maximum atomic E-state index is 5.87. The highest BCUT2D eigenvalue weighted by atomic mass is 16.5. The van der Waals surface area contributed by atoms with E-state index in [1.54, 1.807) is 7.11 Å². The van der Waals surface area contributed by atoms with E-state index in [2.05, 4.69) is 18.2 Å². The van der Waals surface area contributed by atoms with E-state index >= 15 is 0 Å². The largest absolute Gasteiger partial charge is 0.496 e. The van der Waals surface area contributed by atoms with Crippen LogP contribution in [0.15, 0.2) is 36.4 Å². The maximum Gasteiger partial charge on any atom is 0.127 e. The summed E-state index contributed by atoms with van der Waals surface area (Å²) in [5.41, 5.74) is 6.98. The molecule has 0 aliphatic rings. The molecule has 0 aromatic heterocycles. The molecule has 0 saturated heterocycles. The summed E-state index contributed by atoms with van der Waals surface area (Å²) in [7, 11) is 1.69. The Morgan fingerprint density at radius 1 is 1.20 bits per heavy atom. The quantitative estimate of drug-likeness (QED) is 0.810. The van der Waals surface area contributed by atoms with Crippen molar-refractivity contribution < 1.29 is 4.74 Å². The van der Waals surface area contributed by atoms with E-state index in [1.807, 2.05) is 25.1 Å². The van der Waals surface area contributed by atoms with Crippen LogP contribution in [0.5, 0.6) is 5.75 Å². The Morgan fingerprint density at radius 2 is 1.93 bits per heavy atom. The van der Waals surface area contributed by atoms with Crippen molar-refractivity contribution in [2.24, 2.45) is 5.73 Å².